The van der Waals surface area contributed by atoms with E-state index in [1.165, 1.54) is 0 Å². The van der Waals surface area contributed by atoms with Crippen LogP contribution in [0.15, 0.2) is 0 Å². The predicted molar refractivity (Wildman–Crippen MR) is 77.3 cm³/mol. The van der Waals surface area contributed by atoms with Gasteiger partial charge < -0.3 is 30.3 Å². The molecule has 0 bridgehead atoms. The van der Waals surface area contributed by atoms with E-state index in [-0.39, 0.29) is 0 Å². The van der Waals surface area contributed by atoms with Gasteiger partial charge in [0.05, 0.1) is 33.4 Å². The van der Waals surface area contributed by atoms with E-state index < -0.39 is 75.2 Å². The predicted octanol–water partition coefficient (Wildman–Crippen LogP) is -0.119. The fourth-order valence-corrected chi connectivity index (χ4v) is 2.21. The van der Waals surface area contributed by atoms with Crippen molar-refractivity contribution in [2.24, 2.45) is 0 Å². The van der Waals surface area contributed by atoms with Gasteiger partial charge in [-0.2, -0.15) is 0 Å². The van der Waals surface area contributed by atoms with E-state index in [4.69, 9.17) is 5.11 Å². The van der Waals surface area contributed by atoms with E-state index in [9.17, 15) is 54.0 Å². The molecule has 142 valence electrons. The molecule has 0 amide bonds. The minimum Gasteiger partial charge on any atom is -0.478 e. The summed E-state index contributed by atoms with van der Waals surface area (Å²) in [4.78, 5) is 80.1. The number of hydrogen-bond donors (Lipinski definition) is 5. The number of benzene rings is 1. The Morgan fingerprint density at radius 1 is 0.519 bits per heavy atom. The number of carboxylic acid groups (broad SMARTS) is 5. The number of hydrogen-bond acceptors (Lipinski definition) is 8. The third-order valence-electron chi connectivity index (χ3n) is 3.01. The molecular formula is C14H8O13. The van der Waals surface area contributed by atoms with Crippen LogP contribution in [-0.4, -0.2) is 67.3 Å². The van der Waals surface area contributed by atoms with Crippen molar-refractivity contribution in [3.05, 3.63) is 33.4 Å². The molecule has 0 aliphatic rings. The van der Waals surface area contributed by atoms with Crippen LogP contribution in [0.1, 0.15) is 69.1 Å². The molecule has 0 radical (unpaired) electrons. The van der Waals surface area contributed by atoms with E-state index in [0.717, 1.165) is 0 Å². The zero-order valence-corrected chi connectivity index (χ0v) is 13.0. The van der Waals surface area contributed by atoms with Gasteiger partial charge in [0.25, 0.3) is 0 Å². The first-order valence-electron chi connectivity index (χ1n) is 6.46. The van der Waals surface area contributed by atoms with Crippen molar-refractivity contribution >= 4 is 41.8 Å². The Morgan fingerprint density at radius 2 is 0.741 bits per heavy atom. The Balaban J connectivity index is 4.44. The molecule has 0 saturated heterocycles. The Morgan fingerprint density at radius 3 is 0.926 bits per heavy atom. The number of carbonyl (C=O) groups is 7. The molecule has 27 heavy (non-hydrogen) atoms. The maximum absolute atomic E-state index is 12.0. The maximum atomic E-state index is 12.0. The molecule has 13 nitrogen and oxygen atoms in total. The first-order chi connectivity index (χ1) is 12.3. The lowest BCUT2D eigenvalue weighted by Crippen LogP contribution is -2.29. The van der Waals surface area contributed by atoms with Crippen molar-refractivity contribution in [3.63, 3.8) is 0 Å². The monoisotopic (exact) mass is 384 g/mol. The highest BCUT2D eigenvalue weighted by Crippen LogP contribution is 2.30. The molecule has 0 aliphatic heterocycles. The van der Waals surface area contributed by atoms with Gasteiger partial charge in [-0.05, 0) is 0 Å². The largest absolute Gasteiger partial charge is 0.478 e. The summed E-state index contributed by atoms with van der Waals surface area (Å²) in [7, 11) is 0. The number of ether oxygens (including phenoxy) is 1. The van der Waals surface area contributed by atoms with Gasteiger partial charge in [0, 0.05) is 6.92 Å². The molecule has 0 unspecified atom stereocenters. The van der Waals surface area contributed by atoms with E-state index >= 15 is 0 Å². The standard InChI is InChI=1S/C14H8O13/c1-2(15)27-14(26)8-6(12(22)23)4(10(18)19)3(9(16)17)5(11(20)21)7(8)13(24)25/h1H3,(H,16,17)(H,18,19)(H,20,21)(H,22,23)(H,24,25). The second-order valence-electron chi connectivity index (χ2n) is 4.66. The summed E-state index contributed by atoms with van der Waals surface area (Å²) in [5.74, 6) is -14.7. The summed E-state index contributed by atoms with van der Waals surface area (Å²) in [5.41, 5.74) is -9.95. The fraction of sp³-hybridized carbons (Fsp3) is 0.0714. The number of esters is 2. The van der Waals surface area contributed by atoms with Crippen LogP contribution in [0.5, 0.6) is 0 Å². The van der Waals surface area contributed by atoms with Gasteiger partial charge in [-0.25, -0.2) is 28.8 Å². The number of aromatic carboxylic acids is 5. The van der Waals surface area contributed by atoms with Crippen LogP contribution in [-0.2, 0) is 9.53 Å². The molecule has 1 aromatic carbocycles. The van der Waals surface area contributed by atoms with E-state index in [2.05, 4.69) is 4.74 Å². The van der Waals surface area contributed by atoms with Crippen molar-refractivity contribution in [1.29, 1.82) is 0 Å². The van der Waals surface area contributed by atoms with Crippen LogP contribution < -0.4 is 0 Å². The maximum Gasteiger partial charge on any atom is 0.347 e. The Bertz CT molecular complexity index is 884. The summed E-state index contributed by atoms with van der Waals surface area (Å²) in [5, 5.41) is 46.0. The zero-order chi connectivity index (χ0) is 21.2. The molecule has 0 fully saturated rings. The molecule has 0 heterocycles. The Labute approximate surface area is 147 Å². The highest BCUT2D eigenvalue weighted by Gasteiger charge is 2.41. The molecule has 0 atom stereocenters. The minimum absolute atomic E-state index is 0.667. The first-order valence-corrected chi connectivity index (χ1v) is 6.46. The molecule has 0 aromatic heterocycles. The number of rotatable bonds is 6. The lowest BCUT2D eigenvalue weighted by molar-refractivity contribution is -0.135. The highest BCUT2D eigenvalue weighted by molar-refractivity contribution is 6.23. The Hall–Kier alpha value is -4.29. The van der Waals surface area contributed by atoms with E-state index in [0.29, 0.717) is 6.92 Å². The minimum atomic E-state index is -2.28. The van der Waals surface area contributed by atoms with Crippen LogP contribution in [0, 0.1) is 0 Å². The third kappa shape index (κ3) is 3.71. The quantitative estimate of drug-likeness (QED) is 0.318. The van der Waals surface area contributed by atoms with Crippen LogP contribution >= 0.6 is 0 Å². The van der Waals surface area contributed by atoms with Gasteiger partial charge >= 0.3 is 41.8 Å². The van der Waals surface area contributed by atoms with Gasteiger partial charge in [-0.15, -0.1) is 0 Å². The fourth-order valence-electron chi connectivity index (χ4n) is 2.21. The summed E-state index contributed by atoms with van der Waals surface area (Å²) in [6, 6.07) is 0. The normalized spacial score (nSPS) is 9.96. The van der Waals surface area contributed by atoms with Crippen molar-refractivity contribution in [2.75, 3.05) is 0 Å². The summed E-state index contributed by atoms with van der Waals surface area (Å²) >= 11 is 0. The third-order valence-corrected chi connectivity index (χ3v) is 3.01. The average Bonchev–Trinajstić information content (AvgIpc) is 2.50. The zero-order valence-electron chi connectivity index (χ0n) is 13.0. The first kappa shape index (κ1) is 20.8. The lowest BCUT2D eigenvalue weighted by Gasteiger charge is -2.16. The van der Waals surface area contributed by atoms with Gasteiger partial charge in [-0.3, -0.25) is 4.79 Å². The average molecular weight is 384 g/mol. The van der Waals surface area contributed by atoms with Gasteiger partial charge in [-0.1, -0.05) is 0 Å². The Kier molecular flexibility index (Phi) is 5.61. The van der Waals surface area contributed by atoms with Gasteiger partial charge in [0.15, 0.2) is 0 Å². The molecule has 5 N–H and O–H groups in total. The molecule has 0 aliphatic carbocycles. The molecule has 1 aromatic rings. The smallest absolute Gasteiger partial charge is 0.347 e. The summed E-state index contributed by atoms with van der Waals surface area (Å²) in [6.45, 7) is 0.667. The van der Waals surface area contributed by atoms with Crippen molar-refractivity contribution in [3.8, 4) is 0 Å². The molecule has 13 heteroatoms. The van der Waals surface area contributed by atoms with Crippen molar-refractivity contribution < 1.29 is 63.8 Å². The second-order valence-corrected chi connectivity index (χ2v) is 4.66. The van der Waals surface area contributed by atoms with E-state index in [1.54, 1.807) is 0 Å². The topological polar surface area (TPSA) is 230 Å². The number of carbonyl (C=O) groups excluding carboxylic acids is 2. The lowest BCUT2D eigenvalue weighted by atomic mass is 9.86. The highest BCUT2D eigenvalue weighted by atomic mass is 16.6. The van der Waals surface area contributed by atoms with Crippen LogP contribution in [0.4, 0.5) is 0 Å². The van der Waals surface area contributed by atoms with Crippen LogP contribution in [0.2, 0.25) is 0 Å². The summed E-state index contributed by atoms with van der Waals surface area (Å²) < 4.78 is 4.05. The van der Waals surface area contributed by atoms with Crippen LogP contribution in [0.3, 0.4) is 0 Å². The number of carboxylic acids is 5. The second kappa shape index (κ2) is 7.30. The molecule has 1 rings (SSSR count). The van der Waals surface area contributed by atoms with Gasteiger partial charge in [0.1, 0.15) is 0 Å². The molecule has 0 saturated carbocycles. The molecular weight excluding hydrogens is 376 g/mol. The SMILES string of the molecule is CC(=O)OC(=O)c1c(C(=O)O)c(C(=O)O)c(C(=O)O)c(C(=O)O)c1C(=O)O. The van der Waals surface area contributed by atoms with E-state index in [1.807, 2.05) is 0 Å². The van der Waals surface area contributed by atoms with Crippen molar-refractivity contribution in [1.82, 2.24) is 0 Å². The van der Waals surface area contributed by atoms with Gasteiger partial charge in [0.2, 0.25) is 0 Å². The van der Waals surface area contributed by atoms with Crippen LogP contribution in [0.25, 0.3) is 0 Å². The van der Waals surface area contributed by atoms with Crippen molar-refractivity contribution in [2.45, 2.75) is 6.92 Å². The molecule has 0 spiro atoms. The summed E-state index contributed by atoms with van der Waals surface area (Å²) in [6.07, 6.45) is 0.